The van der Waals surface area contributed by atoms with Crippen LogP contribution in [0.4, 0.5) is 0 Å². The molecule has 96 valence electrons. The quantitative estimate of drug-likeness (QED) is 0.874. The van der Waals surface area contributed by atoms with E-state index in [9.17, 15) is 5.11 Å². The molecule has 1 heterocycles. The van der Waals surface area contributed by atoms with E-state index in [-0.39, 0.29) is 6.61 Å². The highest BCUT2D eigenvalue weighted by molar-refractivity contribution is 5.28. The van der Waals surface area contributed by atoms with Gasteiger partial charge >= 0.3 is 0 Å². The van der Waals surface area contributed by atoms with Crippen molar-refractivity contribution in [1.82, 2.24) is 4.57 Å². The highest BCUT2D eigenvalue weighted by atomic mass is 16.3. The van der Waals surface area contributed by atoms with Gasteiger partial charge in [-0.1, -0.05) is 29.8 Å². The van der Waals surface area contributed by atoms with Crippen molar-refractivity contribution in [1.29, 1.82) is 0 Å². The van der Waals surface area contributed by atoms with Gasteiger partial charge in [-0.2, -0.15) is 0 Å². The fourth-order valence-corrected chi connectivity index (χ4v) is 2.39. The third-order valence-electron chi connectivity index (χ3n) is 3.27. The minimum Gasteiger partial charge on any atom is -0.390 e. The number of hydrogen-bond donors (Lipinski definition) is 1. The molecule has 0 amide bonds. The Kier molecular flexibility index (Phi) is 3.87. The summed E-state index contributed by atoms with van der Waals surface area (Å²) in [6.45, 7) is 6.51. The highest BCUT2D eigenvalue weighted by Gasteiger charge is 2.10. The number of benzene rings is 1. The second-order valence-corrected chi connectivity index (χ2v) is 5.10. The van der Waals surface area contributed by atoms with Crippen LogP contribution in [0.25, 0.3) is 0 Å². The zero-order valence-electron chi connectivity index (χ0n) is 11.4. The number of nitrogens with zero attached hydrogens (tertiary/aromatic N) is 1. The summed E-state index contributed by atoms with van der Waals surface area (Å²) in [6.07, 6.45) is 0.915. The molecule has 0 radical (unpaired) electrons. The number of rotatable bonds is 4. The molecule has 1 N–H and O–H groups in total. The van der Waals surface area contributed by atoms with Crippen molar-refractivity contribution in [2.24, 2.45) is 0 Å². The summed E-state index contributed by atoms with van der Waals surface area (Å²) < 4.78 is 2.22. The van der Waals surface area contributed by atoms with E-state index in [1.165, 1.54) is 16.8 Å². The van der Waals surface area contributed by atoms with Gasteiger partial charge in [0.2, 0.25) is 0 Å². The maximum Gasteiger partial charge on any atom is 0.0833 e. The molecule has 1 aromatic carbocycles. The maximum atomic E-state index is 9.36. The van der Waals surface area contributed by atoms with Crippen LogP contribution < -0.4 is 0 Å². The van der Waals surface area contributed by atoms with Crippen LogP contribution in [0, 0.1) is 6.92 Å². The zero-order chi connectivity index (χ0) is 13.1. The molecule has 18 heavy (non-hydrogen) atoms. The first-order valence-corrected chi connectivity index (χ1v) is 6.47. The van der Waals surface area contributed by atoms with Crippen LogP contribution in [0.1, 0.15) is 42.4 Å². The molecule has 2 heteroatoms. The minimum atomic E-state index is 0.103. The molecule has 0 saturated heterocycles. The number of aryl methyl sites for hydroxylation is 1. The van der Waals surface area contributed by atoms with Crippen molar-refractivity contribution in [3.05, 3.63) is 58.9 Å². The highest BCUT2D eigenvalue weighted by Crippen LogP contribution is 2.19. The van der Waals surface area contributed by atoms with Crippen LogP contribution in [-0.4, -0.2) is 9.67 Å². The summed E-state index contributed by atoms with van der Waals surface area (Å²) >= 11 is 0. The molecule has 2 nitrogen and oxygen atoms in total. The summed E-state index contributed by atoms with van der Waals surface area (Å²) in [5.74, 6) is 0. The third kappa shape index (κ3) is 2.65. The molecule has 0 aliphatic carbocycles. The molecule has 0 unspecified atom stereocenters. The molecule has 2 rings (SSSR count). The van der Waals surface area contributed by atoms with Gasteiger partial charge in [0.1, 0.15) is 0 Å². The van der Waals surface area contributed by atoms with E-state index >= 15 is 0 Å². The van der Waals surface area contributed by atoms with Crippen LogP contribution in [0.2, 0.25) is 0 Å². The Morgan fingerprint density at radius 1 is 1.00 bits per heavy atom. The lowest BCUT2D eigenvalue weighted by Gasteiger charge is -2.16. The topological polar surface area (TPSA) is 25.2 Å². The molecule has 1 aromatic heterocycles. The average molecular weight is 243 g/mol. The number of aliphatic hydroxyl groups excluding tert-OH is 1. The van der Waals surface area contributed by atoms with E-state index in [4.69, 9.17) is 0 Å². The molecule has 2 aromatic rings. The average Bonchev–Trinajstić information content (AvgIpc) is 2.75. The molecule has 0 spiro atoms. The van der Waals surface area contributed by atoms with E-state index < -0.39 is 0 Å². The van der Waals surface area contributed by atoms with Gasteiger partial charge < -0.3 is 9.67 Å². The zero-order valence-corrected chi connectivity index (χ0v) is 11.4. The van der Waals surface area contributed by atoms with Crippen molar-refractivity contribution < 1.29 is 5.11 Å². The van der Waals surface area contributed by atoms with E-state index in [0.29, 0.717) is 6.04 Å². The van der Waals surface area contributed by atoms with Gasteiger partial charge in [0, 0.05) is 23.9 Å². The Morgan fingerprint density at radius 3 is 2.17 bits per heavy atom. The summed E-state index contributed by atoms with van der Waals surface area (Å²) in [5, 5.41) is 9.36. The summed E-state index contributed by atoms with van der Waals surface area (Å²) in [7, 11) is 0. The first-order valence-electron chi connectivity index (χ1n) is 6.47. The SMILES string of the molecule is Cc1ccc(Cc2ccc(CO)n2C(C)C)cc1. The van der Waals surface area contributed by atoms with E-state index in [0.717, 1.165) is 12.1 Å². The van der Waals surface area contributed by atoms with Gasteiger partial charge in [0.05, 0.1) is 6.61 Å². The van der Waals surface area contributed by atoms with Crippen molar-refractivity contribution >= 4 is 0 Å². The van der Waals surface area contributed by atoms with Crippen molar-refractivity contribution in [3.63, 3.8) is 0 Å². The van der Waals surface area contributed by atoms with Crippen LogP contribution in [0.5, 0.6) is 0 Å². The van der Waals surface area contributed by atoms with Gasteiger partial charge in [-0.25, -0.2) is 0 Å². The molecule has 0 bridgehead atoms. The number of aromatic nitrogens is 1. The second kappa shape index (κ2) is 5.40. The molecule has 0 aliphatic heterocycles. The van der Waals surface area contributed by atoms with Gasteiger partial charge in [0.25, 0.3) is 0 Å². The van der Waals surface area contributed by atoms with E-state index in [2.05, 4.69) is 55.7 Å². The third-order valence-corrected chi connectivity index (χ3v) is 3.27. The number of hydrogen-bond acceptors (Lipinski definition) is 1. The normalized spacial score (nSPS) is 11.2. The van der Waals surface area contributed by atoms with Crippen LogP contribution in [-0.2, 0) is 13.0 Å². The van der Waals surface area contributed by atoms with Crippen molar-refractivity contribution in [3.8, 4) is 0 Å². The predicted molar refractivity (Wildman–Crippen MR) is 74.7 cm³/mol. The summed E-state index contributed by atoms with van der Waals surface area (Å²) in [6, 6.07) is 13.1. The van der Waals surface area contributed by atoms with Crippen LogP contribution >= 0.6 is 0 Å². The second-order valence-electron chi connectivity index (χ2n) is 5.10. The Labute approximate surface area is 109 Å². The number of aliphatic hydroxyl groups is 1. The van der Waals surface area contributed by atoms with Gasteiger partial charge in [-0.3, -0.25) is 0 Å². The minimum absolute atomic E-state index is 0.103. The largest absolute Gasteiger partial charge is 0.390 e. The maximum absolute atomic E-state index is 9.36. The first kappa shape index (κ1) is 12.9. The molecule has 0 aliphatic rings. The molecule has 0 saturated carbocycles. The fourth-order valence-electron chi connectivity index (χ4n) is 2.39. The lowest BCUT2D eigenvalue weighted by atomic mass is 10.1. The molecule has 0 atom stereocenters. The summed E-state index contributed by atoms with van der Waals surface area (Å²) in [4.78, 5) is 0. The lowest BCUT2D eigenvalue weighted by molar-refractivity contribution is 0.267. The smallest absolute Gasteiger partial charge is 0.0833 e. The first-order chi connectivity index (χ1) is 8.61. The standard InChI is InChI=1S/C16H21NO/c1-12(2)17-15(8-9-16(17)11-18)10-14-6-4-13(3)5-7-14/h4-9,12,18H,10-11H2,1-3H3. The Hall–Kier alpha value is -1.54. The van der Waals surface area contributed by atoms with Crippen molar-refractivity contribution in [2.45, 2.75) is 39.8 Å². The van der Waals surface area contributed by atoms with Gasteiger partial charge in [-0.15, -0.1) is 0 Å². The Balaban J connectivity index is 2.28. The fraction of sp³-hybridized carbons (Fsp3) is 0.375. The molecular formula is C16H21NO. The van der Waals surface area contributed by atoms with Crippen LogP contribution in [0.15, 0.2) is 36.4 Å². The Bertz CT molecular complexity index is 508. The van der Waals surface area contributed by atoms with Gasteiger partial charge in [0.15, 0.2) is 0 Å². The van der Waals surface area contributed by atoms with E-state index in [1.807, 2.05) is 6.07 Å². The van der Waals surface area contributed by atoms with E-state index in [1.54, 1.807) is 0 Å². The predicted octanol–water partition coefficient (Wildman–Crippen LogP) is 3.46. The van der Waals surface area contributed by atoms with Crippen molar-refractivity contribution in [2.75, 3.05) is 0 Å². The summed E-state index contributed by atoms with van der Waals surface area (Å²) in [5.41, 5.74) is 4.85. The van der Waals surface area contributed by atoms with Gasteiger partial charge in [-0.05, 0) is 38.5 Å². The van der Waals surface area contributed by atoms with Crippen LogP contribution in [0.3, 0.4) is 0 Å². The monoisotopic (exact) mass is 243 g/mol. The molecular weight excluding hydrogens is 222 g/mol. The molecule has 0 fully saturated rings. The lowest BCUT2D eigenvalue weighted by Crippen LogP contribution is -2.09. The Morgan fingerprint density at radius 2 is 1.61 bits per heavy atom.